The number of rotatable bonds is 4. The van der Waals surface area contributed by atoms with Crippen LogP contribution in [0.3, 0.4) is 0 Å². The fraction of sp³-hybridized carbons (Fsp3) is 0.273. The highest BCUT2D eigenvalue weighted by atomic mass is 19.4. The molecule has 2 N–H and O–H groups in total. The van der Waals surface area contributed by atoms with Gasteiger partial charge in [0.25, 0.3) is 0 Å². The molecule has 0 aliphatic carbocycles. The third-order valence-corrected chi connectivity index (χ3v) is 1.83. The zero-order valence-corrected chi connectivity index (χ0v) is 8.50. The lowest BCUT2D eigenvalue weighted by Gasteiger charge is -2.12. The van der Waals surface area contributed by atoms with Gasteiger partial charge in [0.05, 0.1) is 5.56 Å². The van der Waals surface area contributed by atoms with Gasteiger partial charge in [-0.2, -0.15) is 13.2 Å². The van der Waals surface area contributed by atoms with Crippen molar-refractivity contribution in [2.45, 2.75) is 6.18 Å². The number of ether oxygens (including phenoxy) is 1. The highest BCUT2D eigenvalue weighted by molar-refractivity contribution is 5.35. The molecule has 1 aromatic rings. The highest BCUT2D eigenvalue weighted by Gasteiger charge is 2.33. The van der Waals surface area contributed by atoms with Crippen molar-refractivity contribution in [1.29, 1.82) is 0 Å². The van der Waals surface area contributed by atoms with Gasteiger partial charge in [0, 0.05) is 6.54 Å². The molecule has 0 spiro atoms. The van der Waals surface area contributed by atoms with Crippen molar-refractivity contribution < 1.29 is 17.9 Å². The maximum atomic E-state index is 12.5. The van der Waals surface area contributed by atoms with Gasteiger partial charge in [-0.1, -0.05) is 24.3 Å². The van der Waals surface area contributed by atoms with E-state index in [0.29, 0.717) is 6.54 Å². The van der Waals surface area contributed by atoms with Gasteiger partial charge in [-0.3, -0.25) is 0 Å². The summed E-state index contributed by atoms with van der Waals surface area (Å²) in [4.78, 5) is 0. The van der Waals surface area contributed by atoms with Crippen LogP contribution < -0.4 is 10.5 Å². The average Bonchev–Trinajstić information content (AvgIpc) is 2.24. The molecule has 5 heteroatoms. The van der Waals surface area contributed by atoms with Crippen LogP contribution >= 0.6 is 0 Å². The van der Waals surface area contributed by atoms with E-state index < -0.39 is 11.7 Å². The molecule has 1 aromatic carbocycles. The van der Waals surface area contributed by atoms with E-state index in [4.69, 9.17) is 10.5 Å². The number of hydrogen-bond donors (Lipinski definition) is 1. The Hall–Kier alpha value is -1.49. The number of para-hydroxylation sites is 1. The molecule has 2 nitrogen and oxygen atoms in total. The van der Waals surface area contributed by atoms with E-state index >= 15 is 0 Å². The van der Waals surface area contributed by atoms with Crippen molar-refractivity contribution in [3.63, 3.8) is 0 Å². The minimum atomic E-state index is -4.39. The van der Waals surface area contributed by atoms with Crippen LogP contribution in [0.25, 0.3) is 0 Å². The monoisotopic (exact) mass is 231 g/mol. The largest absolute Gasteiger partial charge is 0.489 e. The summed E-state index contributed by atoms with van der Waals surface area (Å²) in [6.45, 7) is 0.411. The Morgan fingerprint density at radius 2 is 1.88 bits per heavy atom. The average molecular weight is 231 g/mol. The molecule has 0 amide bonds. The third kappa shape index (κ3) is 3.58. The Labute approximate surface area is 91.5 Å². The van der Waals surface area contributed by atoms with Crippen LogP contribution in [0.15, 0.2) is 36.4 Å². The van der Waals surface area contributed by atoms with Crippen LogP contribution in [-0.4, -0.2) is 13.2 Å². The first-order chi connectivity index (χ1) is 7.55. The zero-order chi connectivity index (χ0) is 12.0. The van der Waals surface area contributed by atoms with E-state index in [9.17, 15) is 13.2 Å². The van der Waals surface area contributed by atoms with Gasteiger partial charge in [0.1, 0.15) is 12.4 Å². The molecule has 0 atom stereocenters. The molecule has 0 bridgehead atoms. The first-order valence-electron chi connectivity index (χ1n) is 4.70. The summed E-state index contributed by atoms with van der Waals surface area (Å²) < 4.78 is 42.5. The molecular formula is C11H12F3NO. The smallest absolute Gasteiger partial charge is 0.419 e. The lowest BCUT2D eigenvalue weighted by atomic mass is 10.2. The topological polar surface area (TPSA) is 35.2 Å². The molecule has 0 aromatic heterocycles. The van der Waals surface area contributed by atoms with E-state index in [0.717, 1.165) is 6.07 Å². The van der Waals surface area contributed by atoms with Gasteiger partial charge in [0.15, 0.2) is 0 Å². The summed E-state index contributed by atoms with van der Waals surface area (Å²) in [7, 11) is 0. The molecule has 88 valence electrons. The van der Waals surface area contributed by atoms with Crippen LogP contribution in [0.1, 0.15) is 5.56 Å². The summed E-state index contributed by atoms with van der Waals surface area (Å²) >= 11 is 0. The second-order valence-corrected chi connectivity index (χ2v) is 3.01. The molecule has 0 heterocycles. The predicted octanol–water partition coefficient (Wildman–Crippen LogP) is 2.60. The summed E-state index contributed by atoms with van der Waals surface area (Å²) in [6, 6.07) is 5.10. The minimum absolute atomic E-state index is 0.0737. The quantitative estimate of drug-likeness (QED) is 0.808. The number of alkyl halides is 3. The second-order valence-electron chi connectivity index (χ2n) is 3.01. The lowest BCUT2D eigenvalue weighted by Crippen LogP contribution is -2.08. The van der Waals surface area contributed by atoms with E-state index in [-0.39, 0.29) is 12.4 Å². The molecule has 0 aliphatic rings. The Kier molecular flexibility index (Phi) is 4.37. The predicted molar refractivity (Wildman–Crippen MR) is 55.1 cm³/mol. The molecule has 1 rings (SSSR count). The first-order valence-corrected chi connectivity index (χ1v) is 4.70. The second kappa shape index (κ2) is 5.55. The fourth-order valence-corrected chi connectivity index (χ4v) is 1.13. The van der Waals surface area contributed by atoms with Crippen molar-refractivity contribution in [3.05, 3.63) is 42.0 Å². The number of hydrogen-bond acceptors (Lipinski definition) is 2. The van der Waals surface area contributed by atoms with Gasteiger partial charge in [-0.25, -0.2) is 0 Å². The van der Waals surface area contributed by atoms with Crippen LogP contribution in [0.5, 0.6) is 5.75 Å². The number of benzene rings is 1. The molecule has 0 fully saturated rings. The van der Waals surface area contributed by atoms with E-state index in [1.807, 2.05) is 0 Å². The van der Waals surface area contributed by atoms with Crippen molar-refractivity contribution in [2.75, 3.05) is 13.2 Å². The first kappa shape index (κ1) is 12.6. The van der Waals surface area contributed by atoms with Gasteiger partial charge >= 0.3 is 6.18 Å². The molecule has 0 unspecified atom stereocenters. The lowest BCUT2D eigenvalue weighted by molar-refractivity contribution is -0.138. The highest BCUT2D eigenvalue weighted by Crippen LogP contribution is 2.35. The molecule has 16 heavy (non-hydrogen) atoms. The Morgan fingerprint density at radius 3 is 2.50 bits per heavy atom. The fourth-order valence-electron chi connectivity index (χ4n) is 1.13. The van der Waals surface area contributed by atoms with Gasteiger partial charge < -0.3 is 10.5 Å². The molecule has 0 aliphatic heterocycles. The number of nitrogens with two attached hydrogens (primary N) is 1. The summed E-state index contributed by atoms with van der Waals surface area (Å²) in [5.41, 5.74) is 4.42. The molecular weight excluding hydrogens is 219 g/mol. The van der Waals surface area contributed by atoms with E-state index in [1.165, 1.54) is 18.2 Å². The number of halogens is 3. The van der Waals surface area contributed by atoms with Crippen LogP contribution in [-0.2, 0) is 6.18 Å². The van der Waals surface area contributed by atoms with Crippen molar-refractivity contribution in [1.82, 2.24) is 0 Å². The standard InChI is InChI=1S/C11H12F3NO/c12-11(13,14)9-5-1-2-6-10(9)16-8-4-3-7-15/h1-6H,7-8,15H2/b4-3+. The molecule has 0 saturated carbocycles. The SMILES string of the molecule is NC/C=C/COc1ccccc1C(F)(F)F. The van der Waals surface area contributed by atoms with Gasteiger partial charge in [-0.05, 0) is 12.1 Å². The van der Waals surface area contributed by atoms with Gasteiger partial charge in [0.2, 0.25) is 0 Å². The van der Waals surface area contributed by atoms with E-state index in [2.05, 4.69) is 0 Å². The van der Waals surface area contributed by atoms with Crippen molar-refractivity contribution in [3.8, 4) is 5.75 Å². The summed E-state index contributed by atoms with van der Waals surface area (Å²) in [6.07, 6.45) is -1.20. The molecule has 0 saturated heterocycles. The van der Waals surface area contributed by atoms with Crippen LogP contribution in [0.2, 0.25) is 0 Å². The summed E-state index contributed by atoms with van der Waals surface area (Å²) in [5, 5.41) is 0. The maximum absolute atomic E-state index is 12.5. The van der Waals surface area contributed by atoms with Crippen LogP contribution in [0, 0.1) is 0 Å². The molecule has 0 radical (unpaired) electrons. The zero-order valence-electron chi connectivity index (χ0n) is 8.50. The van der Waals surface area contributed by atoms with Gasteiger partial charge in [-0.15, -0.1) is 0 Å². The normalized spacial score (nSPS) is 12.0. The Morgan fingerprint density at radius 1 is 1.19 bits per heavy atom. The van der Waals surface area contributed by atoms with Crippen LogP contribution in [0.4, 0.5) is 13.2 Å². The Bertz CT molecular complexity index is 360. The maximum Gasteiger partial charge on any atom is 0.419 e. The Balaban J connectivity index is 2.76. The third-order valence-electron chi connectivity index (χ3n) is 1.83. The summed E-state index contributed by atoms with van der Waals surface area (Å²) in [5.74, 6) is -0.170. The minimum Gasteiger partial charge on any atom is -0.489 e. The van der Waals surface area contributed by atoms with Crippen molar-refractivity contribution >= 4 is 0 Å². The van der Waals surface area contributed by atoms with Crippen molar-refractivity contribution in [2.24, 2.45) is 5.73 Å². The van der Waals surface area contributed by atoms with E-state index in [1.54, 1.807) is 12.2 Å².